The molecule has 0 saturated heterocycles. The largest absolute Gasteiger partial charge is 0.482 e. The second-order valence-corrected chi connectivity index (χ2v) is 5.09. The first-order chi connectivity index (χ1) is 11.2. The van der Waals surface area contributed by atoms with Gasteiger partial charge in [0.15, 0.2) is 6.61 Å². The number of aromatic nitrogens is 2. The Labute approximate surface area is 130 Å². The number of anilines is 2. The number of amides is 2. The lowest BCUT2D eigenvalue weighted by molar-refractivity contribution is -0.118. The summed E-state index contributed by atoms with van der Waals surface area (Å²) in [6.07, 6.45) is 3.48. The Morgan fingerprint density at radius 1 is 1.30 bits per heavy atom. The molecule has 0 aliphatic carbocycles. The summed E-state index contributed by atoms with van der Waals surface area (Å²) in [6, 6.07) is 10.6. The Balaban J connectivity index is 1.58. The van der Waals surface area contributed by atoms with Crippen molar-refractivity contribution >= 4 is 28.8 Å². The van der Waals surface area contributed by atoms with Crippen molar-refractivity contribution in [2.24, 2.45) is 0 Å². The third kappa shape index (κ3) is 2.48. The number of hydrogen-bond acceptors (Lipinski definition) is 4. The van der Waals surface area contributed by atoms with Gasteiger partial charge in [0.1, 0.15) is 17.1 Å². The van der Waals surface area contributed by atoms with Crippen molar-refractivity contribution in [2.45, 2.75) is 0 Å². The highest BCUT2D eigenvalue weighted by molar-refractivity contribution is 6.04. The van der Waals surface area contributed by atoms with Crippen LogP contribution in [0.2, 0.25) is 0 Å². The number of nitrogens with one attached hydrogen (secondary N) is 2. The average Bonchev–Trinajstić information content (AvgIpc) is 2.98. The van der Waals surface area contributed by atoms with Gasteiger partial charge in [-0.2, -0.15) is 0 Å². The first-order valence-corrected chi connectivity index (χ1v) is 7.01. The van der Waals surface area contributed by atoms with E-state index in [1.165, 1.54) is 0 Å². The van der Waals surface area contributed by atoms with Crippen LogP contribution in [0, 0.1) is 0 Å². The van der Waals surface area contributed by atoms with Crippen LogP contribution in [0.25, 0.3) is 5.65 Å². The molecule has 0 bridgehead atoms. The van der Waals surface area contributed by atoms with Gasteiger partial charge in [0.05, 0.1) is 5.69 Å². The molecule has 0 saturated carbocycles. The second kappa shape index (κ2) is 5.13. The van der Waals surface area contributed by atoms with Crippen LogP contribution in [-0.2, 0) is 4.79 Å². The maximum Gasteiger partial charge on any atom is 0.275 e. The molecule has 1 aromatic carbocycles. The number of pyridine rings is 1. The number of fused-ring (bicyclic) bond motifs is 2. The smallest absolute Gasteiger partial charge is 0.275 e. The number of hydrogen-bond donors (Lipinski definition) is 2. The van der Waals surface area contributed by atoms with Gasteiger partial charge < -0.3 is 19.8 Å². The number of imidazole rings is 1. The van der Waals surface area contributed by atoms with Gasteiger partial charge in [0.2, 0.25) is 0 Å². The quantitative estimate of drug-likeness (QED) is 0.757. The first-order valence-electron chi connectivity index (χ1n) is 7.01. The van der Waals surface area contributed by atoms with Crippen LogP contribution in [0.1, 0.15) is 10.5 Å². The minimum atomic E-state index is -0.322. The molecule has 2 amide bonds. The molecule has 0 fully saturated rings. The van der Waals surface area contributed by atoms with Crippen molar-refractivity contribution in [2.75, 3.05) is 17.2 Å². The topological polar surface area (TPSA) is 84.7 Å². The van der Waals surface area contributed by atoms with E-state index in [1.807, 2.05) is 24.4 Å². The summed E-state index contributed by atoms with van der Waals surface area (Å²) in [7, 11) is 0. The molecule has 4 rings (SSSR count). The number of carbonyl (C=O) groups excluding carboxylic acids is 2. The van der Waals surface area contributed by atoms with Crippen molar-refractivity contribution in [3.8, 4) is 5.75 Å². The Bertz CT molecular complexity index is 899. The predicted octanol–water partition coefficient (Wildman–Crippen LogP) is 1.92. The molecule has 114 valence electrons. The maximum atomic E-state index is 12.3. The van der Waals surface area contributed by atoms with Gasteiger partial charge in [0.25, 0.3) is 11.8 Å². The normalized spacial score (nSPS) is 13.1. The number of rotatable bonds is 2. The third-order valence-corrected chi connectivity index (χ3v) is 3.47. The van der Waals surface area contributed by atoms with Crippen molar-refractivity contribution < 1.29 is 14.3 Å². The van der Waals surface area contributed by atoms with Crippen molar-refractivity contribution in [3.05, 3.63) is 54.5 Å². The first kappa shape index (κ1) is 13.3. The SMILES string of the molecule is O=C1COc2ccc(NC(=O)c3cn4ccccc4n3)cc2N1. The summed E-state index contributed by atoms with van der Waals surface area (Å²) in [4.78, 5) is 27.9. The molecule has 2 aromatic heterocycles. The van der Waals surface area contributed by atoms with E-state index < -0.39 is 0 Å². The fraction of sp³-hybridized carbons (Fsp3) is 0.0625. The number of ether oxygens (including phenoxy) is 1. The Morgan fingerprint density at radius 2 is 2.22 bits per heavy atom. The van der Waals surface area contributed by atoms with Gasteiger partial charge in [-0.3, -0.25) is 9.59 Å². The van der Waals surface area contributed by atoms with E-state index in [4.69, 9.17) is 4.74 Å². The van der Waals surface area contributed by atoms with Crippen LogP contribution < -0.4 is 15.4 Å². The van der Waals surface area contributed by atoms with E-state index in [9.17, 15) is 9.59 Å². The maximum absolute atomic E-state index is 12.3. The Morgan fingerprint density at radius 3 is 3.09 bits per heavy atom. The highest BCUT2D eigenvalue weighted by Crippen LogP contribution is 2.30. The van der Waals surface area contributed by atoms with Crippen LogP contribution in [0.5, 0.6) is 5.75 Å². The lowest BCUT2D eigenvalue weighted by Gasteiger charge is -2.18. The zero-order valence-corrected chi connectivity index (χ0v) is 11.9. The molecular formula is C16H12N4O3. The molecule has 3 aromatic rings. The Hall–Kier alpha value is -3.35. The molecule has 3 heterocycles. The van der Waals surface area contributed by atoms with Crippen LogP contribution >= 0.6 is 0 Å². The minimum Gasteiger partial charge on any atom is -0.482 e. The molecule has 1 aliphatic heterocycles. The van der Waals surface area contributed by atoms with Crippen molar-refractivity contribution in [1.82, 2.24) is 9.38 Å². The molecule has 1 aliphatic rings. The zero-order valence-electron chi connectivity index (χ0n) is 11.9. The van der Waals surface area contributed by atoms with Gasteiger partial charge in [-0.05, 0) is 30.3 Å². The van der Waals surface area contributed by atoms with Crippen LogP contribution in [-0.4, -0.2) is 27.8 Å². The van der Waals surface area contributed by atoms with Gasteiger partial charge in [-0.15, -0.1) is 0 Å². The summed E-state index contributed by atoms with van der Waals surface area (Å²) < 4.78 is 7.05. The second-order valence-electron chi connectivity index (χ2n) is 5.09. The monoisotopic (exact) mass is 308 g/mol. The number of benzene rings is 1. The van der Waals surface area contributed by atoms with E-state index in [2.05, 4.69) is 15.6 Å². The molecular weight excluding hydrogens is 296 g/mol. The fourth-order valence-corrected chi connectivity index (χ4v) is 2.40. The van der Waals surface area contributed by atoms with E-state index in [0.717, 1.165) is 0 Å². The molecule has 0 spiro atoms. The summed E-state index contributed by atoms with van der Waals surface area (Å²) in [5.74, 6) is 0.0355. The molecule has 0 radical (unpaired) electrons. The number of carbonyl (C=O) groups is 2. The van der Waals surface area contributed by atoms with Gasteiger partial charge >= 0.3 is 0 Å². The molecule has 2 N–H and O–H groups in total. The molecule has 7 heteroatoms. The lowest BCUT2D eigenvalue weighted by atomic mass is 10.2. The Kier molecular flexibility index (Phi) is 2.97. The predicted molar refractivity (Wildman–Crippen MR) is 83.7 cm³/mol. The molecule has 0 atom stereocenters. The highest BCUT2D eigenvalue weighted by atomic mass is 16.5. The van der Waals surface area contributed by atoms with E-state index in [1.54, 1.807) is 28.8 Å². The summed E-state index contributed by atoms with van der Waals surface area (Å²) in [5.41, 5.74) is 2.10. The lowest BCUT2D eigenvalue weighted by Crippen LogP contribution is -2.25. The van der Waals surface area contributed by atoms with Crippen molar-refractivity contribution in [3.63, 3.8) is 0 Å². The van der Waals surface area contributed by atoms with Crippen LogP contribution in [0.3, 0.4) is 0 Å². The van der Waals surface area contributed by atoms with E-state index in [-0.39, 0.29) is 18.4 Å². The van der Waals surface area contributed by atoms with Crippen LogP contribution in [0.15, 0.2) is 48.8 Å². The van der Waals surface area contributed by atoms with E-state index >= 15 is 0 Å². The van der Waals surface area contributed by atoms with E-state index in [0.29, 0.717) is 28.5 Å². The summed E-state index contributed by atoms with van der Waals surface area (Å²) in [6.45, 7) is -0.0000461. The van der Waals surface area contributed by atoms with Gasteiger partial charge in [0, 0.05) is 18.1 Å². The molecule has 7 nitrogen and oxygen atoms in total. The fourth-order valence-electron chi connectivity index (χ4n) is 2.40. The number of nitrogens with zero attached hydrogens (tertiary/aromatic N) is 2. The third-order valence-electron chi connectivity index (χ3n) is 3.47. The minimum absolute atomic E-state index is 0.0000461. The van der Waals surface area contributed by atoms with Crippen molar-refractivity contribution in [1.29, 1.82) is 0 Å². The highest BCUT2D eigenvalue weighted by Gasteiger charge is 2.17. The molecule has 0 unspecified atom stereocenters. The zero-order chi connectivity index (χ0) is 15.8. The standard InChI is InChI=1S/C16H12N4O3/c21-15-9-23-13-5-4-10(7-11(13)19-15)17-16(22)12-8-20-6-2-1-3-14(20)18-12/h1-8H,9H2,(H,17,22)(H,19,21). The van der Waals surface area contributed by atoms with Crippen LogP contribution in [0.4, 0.5) is 11.4 Å². The summed E-state index contributed by atoms with van der Waals surface area (Å²) >= 11 is 0. The van der Waals surface area contributed by atoms with Gasteiger partial charge in [-0.25, -0.2) is 4.98 Å². The average molecular weight is 308 g/mol. The van der Waals surface area contributed by atoms with Gasteiger partial charge in [-0.1, -0.05) is 6.07 Å². The summed E-state index contributed by atoms with van der Waals surface area (Å²) in [5, 5.41) is 5.46. The molecule has 23 heavy (non-hydrogen) atoms.